The quantitative estimate of drug-likeness (QED) is 0.797. The zero-order valence-corrected chi connectivity index (χ0v) is 12.4. The van der Waals surface area contributed by atoms with Crippen LogP contribution in [0.25, 0.3) is 0 Å². The molecule has 0 radical (unpaired) electrons. The third kappa shape index (κ3) is 3.36. The van der Waals surface area contributed by atoms with E-state index in [0.29, 0.717) is 24.0 Å². The normalized spacial score (nSPS) is 10.7. The predicted molar refractivity (Wildman–Crippen MR) is 79.3 cm³/mol. The Morgan fingerprint density at radius 3 is 2.90 bits per heavy atom. The van der Waals surface area contributed by atoms with Gasteiger partial charge in [0.15, 0.2) is 5.16 Å². The van der Waals surface area contributed by atoms with Crippen molar-refractivity contribution >= 4 is 17.4 Å². The van der Waals surface area contributed by atoms with Crippen LogP contribution >= 0.6 is 11.8 Å². The summed E-state index contributed by atoms with van der Waals surface area (Å²) in [5.41, 5.74) is 6.29. The molecule has 1 aromatic carbocycles. The number of rotatable bonds is 6. The molecule has 0 saturated heterocycles. The van der Waals surface area contributed by atoms with Crippen LogP contribution in [-0.4, -0.2) is 21.4 Å². The lowest BCUT2D eigenvalue weighted by molar-refractivity contribution is 0.317. The molecule has 1 heterocycles. The van der Waals surface area contributed by atoms with Crippen LogP contribution in [0.15, 0.2) is 33.0 Å². The number of aromatic nitrogens is 3. The molecular weight excluding hydrogens is 276 g/mol. The van der Waals surface area contributed by atoms with Gasteiger partial charge >= 0.3 is 5.69 Å². The van der Waals surface area contributed by atoms with Gasteiger partial charge in [0.2, 0.25) is 0 Å². The van der Waals surface area contributed by atoms with Crippen LogP contribution < -0.4 is 16.2 Å². The van der Waals surface area contributed by atoms with E-state index in [1.54, 1.807) is 10.6 Å². The molecule has 6 nitrogen and oxygen atoms in total. The Bertz CT molecular complexity index is 636. The van der Waals surface area contributed by atoms with Gasteiger partial charge < -0.3 is 10.5 Å². The van der Waals surface area contributed by atoms with Gasteiger partial charge in [0.05, 0.1) is 6.61 Å². The second-order valence-electron chi connectivity index (χ2n) is 4.24. The summed E-state index contributed by atoms with van der Waals surface area (Å²) in [6.07, 6.45) is 0.937. The number of nitrogen functional groups attached to an aromatic ring is 1. The van der Waals surface area contributed by atoms with Crippen LogP contribution in [0.1, 0.15) is 20.3 Å². The van der Waals surface area contributed by atoms with Gasteiger partial charge in [-0.25, -0.2) is 9.89 Å². The van der Waals surface area contributed by atoms with E-state index < -0.39 is 0 Å². The van der Waals surface area contributed by atoms with Gasteiger partial charge in [0.25, 0.3) is 0 Å². The van der Waals surface area contributed by atoms with Crippen LogP contribution in [0.3, 0.4) is 0 Å². The number of ether oxygens (including phenoxy) is 1. The van der Waals surface area contributed by atoms with Crippen LogP contribution in [0.5, 0.6) is 5.75 Å². The highest BCUT2D eigenvalue weighted by molar-refractivity contribution is 7.99. The van der Waals surface area contributed by atoms with E-state index in [4.69, 9.17) is 10.5 Å². The van der Waals surface area contributed by atoms with Gasteiger partial charge in [0.1, 0.15) is 5.75 Å². The Hall–Kier alpha value is -1.89. The Morgan fingerprint density at radius 2 is 2.20 bits per heavy atom. The third-order valence-electron chi connectivity index (χ3n) is 2.62. The minimum absolute atomic E-state index is 0.207. The van der Waals surface area contributed by atoms with E-state index in [0.717, 1.165) is 17.1 Å². The van der Waals surface area contributed by atoms with Gasteiger partial charge in [-0.2, -0.15) is 0 Å². The Balaban J connectivity index is 2.24. The molecule has 0 spiro atoms. The van der Waals surface area contributed by atoms with Gasteiger partial charge in [-0.1, -0.05) is 6.92 Å². The molecule has 0 amide bonds. The minimum atomic E-state index is -0.207. The first kappa shape index (κ1) is 14.5. The standard InChI is InChI=1S/C13H18N4O2S/c1-3-5-19-10-6-9(14)7-11(8-10)20-13-16-15-12(18)17(13)4-2/h6-8H,3-5,14H2,1-2H3,(H,15,18). The van der Waals surface area contributed by atoms with Gasteiger partial charge in [-0.05, 0) is 37.2 Å². The highest BCUT2D eigenvalue weighted by Crippen LogP contribution is 2.30. The second-order valence-corrected chi connectivity index (χ2v) is 5.28. The summed E-state index contributed by atoms with van der Waals surface area (Å²) >= 11 is 1.38. The van der Waals surface area contributed by atoms with Crippen LogP contribution in [-0.2, 0) is 6.54 Å². The highest BCUT2D eigenvalue weighted by Gasteiger charge is 2.09. The molecule has 108 valence electrons. The molecule has 0 fully saturated rings. The van der Waals surface area contributed by atoms with E-state index in [1.807, 2.05) is 26.0 Å². The number of nitrogens with one attached hydrogen (secondary N) is 1. The van der Waals surface area contributed by atoms with Crippen molar-refractivity contribution in [2.24, 2.45) is 0 Å². The number of aromatic amines is 1. The molecule has 2 aromatic rings. The van der Waals surface area contributed by atoms with Crippen molar-refractivity contribution in [1.29, 1.82) is 0 Å². The third-order valence-corrected chi connectivity index (χ3v) is 3.59. The number of nitrogens with two attached hydrogens (primary N) is 1. The maximum Gasteiger partial charge on any atom is 0.343 e. The predicted octanol–water partition coefficient (Wildman–Crippen LogP) is 2.11. The number of anilines is 1. The van der Waals surface area contributed by atoms with Crippen molar-refractivity contribution in [3.8, 4) is 5.75 Å². The summed E-state index contributed by atoms with van der Waals surface area (Å²) in [7, 11) is 0. The first-order chi connectivity index (χ1) is 9.63. The lowest BCUT2D eigenvalue weighted by Gasteiger charge is -2.08. The summed E-state index contributed by atoms with van der Waals surface area (Å²) in [6.45, 7) is 5.16. The molecule has 0 unspecified atom stereocenters. The average Bonchev–Trinajstić information content (AvgIpc) is 2.76. The molecular formula is C13H18N4O2S. The SMILES string of the molecule is CCCOc1cc(N)cc(Sc2n[nH]c(=O)n2CC)c1. The molecule has 3 N–H and O–H groups in total. The Labute approximate surface area is 121 Å². The lowest BCUT2D eigenvalue weighted by atomic mass is 10.3. The van der Waals surface area contributed by atoms with Gasteiger partial charge in [-0.15, -0.1) is 5.10 Å². The molecule has 20 heavy (non-hydrogen) atoms. The molecule has 0 aliphatic heterocycles. The fourth-order valence-electron chi connectivity index (χ4n) is 1.72. The number of benzene rings is 1. The zero-order chi connectivity index (χ0) is 14.5. The average molecular weight is 294 g/mol. The lowest BCUT2D eigenvalue weighted by Crippen LogP contribution is -2.15. The van der Waals surface area contributed by atoms with Crippen molar-refractivity contribution in [3.63, 3.8) is 0 Å². The fourth-order valence-corrected chi connectivity index (χ4v) is 2.72. The molecule has 2 rings (SSSR count). The van der Waals surface area contributed by atoms with Gasteiger partial charge in [0, 0.05) is 23.2 Å². The molecule has 0 bridgehead atoms. The first-order valence-corrected chi connectivity index (χ1v) is 7.32. The topological polar surface area (TPSA) is 85.9 Å². The number of nitrogens with zero attached hydrogens (tertiary/aromatic N) is 2. The maximum atomic E-state index is 11.5. The maximum absolute atomic E-state index is 11.5. The van der Waals surface area contributed by atoms with Gasteiger partial charge in [-0.3, -0.25) is 4.57 Å². The summed E-state index contributed by atoms with van der Waals surface area (Å²) in [6, 6.07) is 5.52. The Kier molecular flexibility index (Phi) is 4.73. The van der Waals surface area contributed by atoms with E-state index in [1.165, 1.54) is 11.8 Å². The largest absolute Gasteiger partial charge is 0.493 e. The minimum Gasteiger partial charge on any atom is -0.493 e. The summed E-state index contributed by atoms with van der Waals surface area (Å²) in [5, 5.41) is 7.07. The smallest absolute Gasteiger partial charge is 0.343 e. The fraction of sp³-hybridized carbons (Fsp3) is 0.385. The van der Waals surface area contributed by atoms with Crippen molar-refractivity contribution in [2.75, 3.05) is 12.3 Å². The molecule has 0 saturated carbocycles. The van der Waals surface area contributed by atoms with Crippen LogP contribution in [0, 0.1) is 0 Å². The van der Waals surface area contributed by atoms with E-state index in [2.05, 4.69) is 10.2 Å². The second kappa shape index (κ2) is 6.51. The Morgan fingerprint density at radius 1 is 1.40 bits per heavy atom. The number of H-pyrrole nitrogens is 1. The van der Waals surface area contributed by atoms with Crippen molar-refractivity contribution < 1.29 is 4.74 Å². The van der Waals surface area contributed by atoms with E-state index in [-0.39, 0.29) is 5.69 Å². The summed E-state index contributed by atoms with van der Waals surface area (Å²) in [5.74, 6) is 0.732. The van der Waals surface area contributed by atoms with Crippen LogP contribution in [0.4, 0.5) is 5.69 Å². The van der Waals surface area contributed by atoms with E-state index in [9.17, 15) is 4.79 Å². The number of hydrogen-bond acceptors (Lipinski definition) is 5. The van der Waals surface area contributed by atoms with Crippen molar-refractivity contribution in [1.82, 2.24) is 14.8 Å². The van der Waals surface area contributed by atoms with Crippen molar-refractivity contribution in [2.45, 2.75) is 36.9 Å². The summed E-state index contributed by atoms with van der Waals surface area (Å²) in [4.78, 5) is 12.4. The van der Waals surface area contributed by atoms with E-state index >= 15 is 0 Å². The van der Waals surface area contributed by atoms with Crippen molar-refractivity contribution in [3.05, 3.63) is 28.7 Å². The molecule has 7 heteroatoms. The number of hydrogen-bond donors (Lipinski definition) is 2. The molecule has 0 atom stereocenters. The zero-order valence-electron chi connectivity index (χ0n) is 11.5. The molecule has 1 aromatic heterocycles. The monoisotopic (exact) mass is 294 g/mol. The highest BCUT2D eigenvalue weighted by atomic mass is 32.2. The molecule has 0 aliphatic carbocycles. The summed E-state index contributed by atoms with van der Waals surface area (Å²) < 4.78 is 7.16. The molecule has 0 aliphatic rings. The first-order valence-electron chi connectivity index (χ1n) is 6.50. The van der Waals surface area contributed by atoms with Crippen LogP contribution in [0.2, 0.25) is 0 Å².